The molecule has 0 radical (unpaired) electrons. The lowest BCUT2D eigenvalue weighted by Gasteiger charge is -2.31. The summed E-state index contributed by atoms with van der Waals surface area (Å²) in [6.45, 7) is -1.31. The number of carbonyl (C=O) groups is 1. The van der Waals surface area contributed by atoms with E-state index in [0.717, 1.165) is 0 Å². The predicted molar refractivity (Wildman–Crippen MR) is 107 cm³/mol. The average Bonchev–Trinajstić information content (AvgIpc) is 2.63. The van der Waals surface area contributed by atoms with Gasteiger partial charge in [-0.15, -0.1) is 0 Å². The first-order chi connectivity index (χ1) is 13.3. The number of anilines is 1. The van der Waals surface area contributed by atoms with E-state index in [9.17, 15) is 13.6 Å². The number of amides is 1. The molecule has 0 aromatic heterocycles. The zero-order valence-corrected chi connectivity index (χ0v) is 16.2. The minimum Gasteiger partial charge on any atom is -0.434 e. The van der Waals surface area contributed by atoms with Gasteiger partial charge in [0.15, 0.2) is 5.11 Å². The Labute approximate surface area is 170 Å². The molecule has 0 bridgehead atoms. The van der Waals surface area contributed by atoms with Crippen LogP contribution in [0.15, 0.2) is 59.8 Å². The third-order valence-corrected chi connectivity index (χ3v) is 4.53. The van der Waals surface area contributed by atoms with Crippen molar-refractivity contribution in [2.45, 2.75) is 19.6 Å². The van der Waals surface area contributed by atoms with Crippen LogP contribution in [0, 0.1) is 0 Å². The first-order valence-corrected chi connectivity index (χ1v) is 9.02. The van der Waals surface area contributed by atoms with Crippen LogP contribution in [0.5, 0.6) is 5.75 Å². The lowest BCUT2D eigenvalue weighted by atomic mass is 9.94. The van der Waals surface area contributed by atoms with Gasteiger partial charge in [-0.05, 0) is 49.5 Å². The number of halogens is 3. The van der Waals surface area contributed by atoms with E-state index in [2.05, 4.69) is 20.7 Å². The number of rotatable bonds is 5. The maximum Gasteiger partial charge on any atom is 0.387 e. The van der Waals surface area contributed by atoms with Crippen LogP contribution in [0.1, 0.15) is 18.5 Å². The van der Waals surface area contributed by atoms with Gasteiger partial charge in [-0.1, -0.05) is 29.8 Å². The van der Waals surface area contributed by atoms with Crippen LogP contribution >= 0.6 is 23.8 Å². The molecule has 1 atom stereocenters. The molecule has 0 saturated heterocycles. The van der Waals surface area contributed by atoms with Crippen molar-refractivity contribution < 1.29 is 18.3 Å². The van der Waals surface area contributed by atoms with Gasteiger partial charge in [0.25, 0.3) is 5.91 Å². The molecular weight excluding hydrogens is 408 g/mol. The van der Waals surface area contributed by atoms with E-state index in [0.29, 0.717) is 27.5 Å². The number of ether oxygens (including phenoxy) is 1. The molecule has 9 heteroatoms. The van der Waals surface area contributed by atoms with Crippen LogP contribution in [-0.4, -0.2) is 17.6 Å². The van der Waals surface area contributed by atoms with Crippen molar-refractivity contribution in [3.05, 3.63) is 70.4 Å². The smallest absolute Gasteiger partial charge is 0.387 e. The summed E-state index contributed by atoms with van der Waals surface area (Å²) < 4.78 is 30.3. The highest BCUT2D eigenvalue weighted by Crippen LogP contribution is 2.34. The summed E-state index contributed by atoms with van der Waals surface area (Å²) in [7, 11) is 0. The minimum atomic E-state index is -2.99. The second-order valence-electron chi connectivity index (χ2n) is 5.95. The van der Waals surface area contributed by atoms with Crippen LogP contribution in [0.3, 0.4) is 0 Å². The van der Waals surface area contributed by atoms with Gasteiger partial charge < -0.3 is 20.7 Å². The van der Waals surface area contributed by atoms with Crippen molar-refractivity contribution in [3.8, 4) is 5.75 Å². The molecule has 0 saturated carbocycles. The Morgan fingerprint density at radius 1 is 1.21 bits per heavy atom. The van der Waals surface area contributed by atoms with Gasteiger partial charge in [0.05, 0.1) is 11.6 Å². The Hall–Kier alpha value is -2.71. The number of para-hydroxylation sites is 1. The first kappa shape index (κ1) is 20.0. The number of benzene rings is 2. The number of nitrogens with one attached hydrogen (secondary N) is 3. The van der Waals surface area contributed by atoms with Gasteiger partial charge in [0, 0.05) is 22.0 Å². The minimum absolute atomic E-state index is 0.0377. The molecular formula is C19H16ClF2N3O2S. The van der Waals surface area contributed by atoms with Gasteiger partial charge in [-0.2, -0.15) is 8.78 Å². The third kappa shape index (κ3) is 4.58. The van der Waals surface area contributed by atoms with Crippen molar-refractivity contribution in [3.63, 3.8) is 0 Å². The molecule has 5 nitrogen and oxygen atoms in total. The Bertz CT molecular complexity index is 935. The number of thiocarbonyl (C=S) groups is 1. The van der Waals surface area contributed by atoms with Crippen molar-refractivity contribution in [1.82, 2.24) is 10.6 Å². The fourth-order valence-electron chi connectivity index (χ4n) is 2.88. The lowest BCUT2D eigenvalue weighted by molar-refractivity contribution is -0.113. The Morgan fingerprint density at radius 2 is 1.89 bits per heavy atom. The molecule has 0 unspecified atom stereocenters. The molecule has 146 valence electrons. The Morgan fingerprint density at radius 3 is 2.57 bits per heavy atom. The van der Waals surface area contributed by atoms with Crippen LogP contribution < -0.4 is 20.7 Å². The fraction of sp³-hybridized carbons (Fsp3) is 0.158. The third-order valence-electron chi connectivity index (χ3n) is 4.06. The molecule has 0 aliphatic carbocycles. The number of hydrogen-bond donors (Lipinski definition) is 3. The number of hydrogen-bond acceptors (Lipinski definition) is 3. The second-order valence-corrected chi connectivity index (χ2v) is 6.79. The lowest BCUT2D eigenvalue weighted by Crippen LogP contribution is -2.45. The van der Waals surface area contributed by atoms with E-state index in [1.807, 2.05) is 0 Å². The summed E-state index contributed by atoms with van der Waals surface area (Å²) in [5.74, 6) is -0.455. The molecule has 3 rings (SSSR count). The number of alkyl halides is 2. The second kappa shape index (κ2) is 8.53. The van der Waals surface area contributed by atoms with Crippen LogP contribution in [-0.2, 0) is 4.79 Å². The van der Waals surface area contributed by atoms with Crippen molar-refractivity contribution in [2.75, 3.05) is 5.32 Å². The molecule has 3 N–H and O–H groups in total. The zero-order valence-electron chi connectivity index (χ0n) is 14.6. The number of allylic oxidation sites excluding steroid dienone is 1. The Kier molecular flexibility index (Phi) is 6.11. The monoisotopic (exact) mass is 423 g/mol. The highest BCUT2D eigenvalue weighted by molar-refractivity contribution is 7.80. The predicted octanol–water partition coefficient (Wildman–Crippen LogP) is 4.37. The quantitative estimate of drug-likeness (QED) is 0.623. The normalized spacial score (nSPS) is 16.5. The fourth-order valence-corrected chi connectivity index (χ4v) is 3.28. The first-order valence-electron chi connectivity index (χ1n) is 8.24. The van der Waals surface area contributed by atoms with Gasteiger partial charge in [0.2, 0.25) is 0 Å². The summed E-state index contributed by atoms with van der Waals surface area (Å²) in [5, 5.41) is 9.44. The highest BCUT2D eigenvalue weighted by atomic mass is 35.5. The molecule has 0 spiro atoms. The molecule has 1 amide bonds. The van der Waals surface area contributed by atoms with E-state index < -0.39 is 18.6 Å². The van der Waals surface area contributed by atoms with Crippen molar-refractivity contribution in [1.29, 1.82) is 0 Å². The summed E-state index contributed by atoms with van der Waals surface area (Å²) in [5.41, 5.74) is 1.71. The van der Waals surface area contributed by atoms with Crippen LogP contribution in [0.2, 0.25) is 5.02 Å². The van der Waals surface area contributed by atoms with Crippen LogP contribution in [0.4, 0.5) is 14.5 Å². The van der Waals surface area contributed by atoms with Gasteiger partial charge >= 0.3 is 6.61 Å². The molecule has 1 aliphatic rings. The van der Waals surface area contributed by atoms with Crippen molar-refractivity contribution in [2.24, 2.45) is 0 Å². The molecule has 2 aromatic rings. The largest absolute Gasteiger partial charge is 0.434 e. The summed E-state index contributed by atoms with van der Waals surface area (Å²) in [6, 6.07) is 12.1. The maximum atomic E-state index is 13.0. The van der Waals surface area contributed by atoms with Crippen molar-refractivity contribution >= 4 is 40.5 Å². The van der Waals surface area contributed by atoms with E-state index >= 15 is 0 Å². The average molecular weight is 424 g/mol. The van der Waals surface area contributed by atoms with Crippen LogP contribution in [0.25, 0.3) is 0 Å². The molecule has 1 heterocycles. The topological polar surface area (TPSA) is 62.4 Å². The Balaban J connectivity index is 1.97. The molecule has 0 fully saturated rings. The van der Waals surface area contributed by atoms with E-state index in [1.165, 1.54) is 6.07 Å². The SMILES string of the molecule is CC1=C(C(=O)Nc2ccc(Cl)cc2)[C@H](c2ccccc2OC(F)F)NC(=S)N1. The number of carbonyl (C=O) groups excluding carboxylic acids is 1. The summed E-state index contributed by atoms with van der Waals surface area (Å²) in [6.07, 6.45) is 0. The summed E-state index contributed by atoms with van der Waals surface area (Å²) >= 11 is 11.0. The molecule has 2 aromatic carbocycles. The van der Waals surface area contributed by atoms with E-state index in [1.54, 1.807) is 49.4 Å². The zero-order chi connectivity index (χ0) is 20.3. The summed E-state index contributed by atoms with van der Waals surface area (Å²) in [4.78, 5) is 13.0. The van der Waals surface area contributed by atoms with Gasteiger partial charge in [-0.25, -0.2) is 0 Å². The standard InChI is InChI=1S/C19H16ClF2N3O2S/c1-10-15(17(26)24-12-8-6-11(20)7-9-12)16(25-19(28)23-10)13-4-2-3-5-14(13)27-18(21)22/h2-9,16,18H,1H3,(H,24,26)(H2,23,25,28)/t16-/m0/s1. The molecule has 1 aliphatic heterocycles. The van der Waals surface area contributed by atoms with Gasteiger partial charge in [-0.3, -0.25) is 4.79 Å². The maximum absolute atomic E-state index is 13.0. The molecule has 28 heavy (non-hydrogen) atoms. The van der Waals surface area contributed by atoms with Gasteiger partial charge in [0.1, 0.15) is 5.75 Å². The highest BCUT2D eigenvalue weighted by Gasteiger charge is 2.32. The van der Waals surface area contributed by atoms with E-state index in [-0.39, 0.29) is 10.9 Å². The van der Waals surface area contributed by atoms with E-state index in [4.69, 9.17) is 23.8 Å².